The Kier molecular flexibility index (Phi) is 3.28. The number of hydrogen-bond donors (Lipinski definition) is 2. The van der Waals surface area contributed by atoms with E-state index in [2.05, 4.69) is 15.2 Å². The molecule has 0 spiro atoms. The maximum absolute atomic E-state index is 11.3. The molecule has 2 heterocycles. The smallest absolute Gasteiger partial charge is 0.234 e. The lowest BCUT2D eigenvalue weighted by Crippen LogP contribution is -2.47. The van der Waals surface area contributed by atoms with Gasteiger partial charge in [0.15, 0.2) is 0 Å². The minimum absolute atomic E-state index is 0.0778. The van der Waals surface area contributed by atoms with Crippen molar-refractivity contribution in [2.45, 2.75) is 20.4 Å². The average Bonchev–Trinajstić information content (AvgIpc) is 2.30. The molecule has 1 aliphatic heterocycles. The molecule has 0 saturated carbocycles. The Hall–Kier alpha value is -1.62. The van der Waals surface area contributed by atoms with Crippen LogP contribution in [0, 0.1) is 13.8 Å². The third-order valence-electron chi connectivity index (χ3n) is 3.17. The standard InChI is InChI=1S/C12H18N4O/c1-8-5-15-10(9(2)12(8)13)6-16-4-3-14-11(17)7-16/h5H,3-4,6-7H2,1-2H3,(H2,13,15)(H,14,17). The van der Waals surface area contributed by atoms with Gasteiger partial charge in [0.2, 0.25) is 5.91 Å². The molecule has 5 heteroatoms. The van der Waals surface area contributed by atoms with Gasteiger partial charge in [-0.15, -0.1) is 0 Å². The molecular weight excluding hydrogens is 216 g/mol. The summed E-state index contributed by atoms with van der Waals surface area (Å²) in [6.07, 6.45) is 1.79. The highest BCUT2D eigenvalue weighted by Crippen LogP contribution is 2.19. The van der Waals surface area contributed by atoms with Gasteiger partial charge in [-0.3, -0.25) is 14.7 Å². The van der Waals surface area contributed by atoms with E-state index in [1.54, 1.807) is 6.20 Å². The maximum atomic E-state index is 11.3. The number of aryl methyl sites for hydroxylation is 1. The largest absolute Gasteiger partial charge is 0.398 e. The number of pyridine rings is 1. The number of nitrogen functional groups attached to an aromatic ring is 1. The van der Waals surface area contributed by atoms with Gasteiger partial charge in [-0.2, -0.15) is 0 Å². The second kappa shape index (κ2) is 4.71. The number of nitrogens with two attached hydrogens (primary N) is 1. The highest BCUT2D eigenvalue weighted by molar-refractivity contribution is 5.78. The Morgan fingerprint density at radius 2 is 2.29 bits per heavy atom. The zero-order chi connectivity index (χ0) is 12.4. The van der Waals surface area contributed by atoms with Crippen molar-refractivity contribution in [1.29, 1.82) is 0 Å². The van der Waals surface area contributed by atoms with Crippen LogP contribution in [0.25, 0.3) is 0 Å². The van der Waals surface area contributed by atoms with Crippen LogP contribution in [-0.4, -0.2) is 35.4 Å². The monoisotopic (exact) mass is 234 g/mol. The Morgan fingerprint density at radius 1 is 1.53 bits per heavy atom. The molecule has 1 fully saturated rings. The van der Waals surface area contributed by atoms with Gasteiger partial charge in [0, 0.05) is 31.5 Å². The van der Waals surface area contributed by atoms with E-state index in [0.717, 1.165) is 29.1 Å². The number of carbonyl (C=O) groups excluding carboxylic acids is 1. The first-order valence-electron chi connectivity index (χ1n) is 5.77. The van der Waals surface area contributed by atoms with E-state index >= 15 is 0 Å². The van der Waals surface area contributed by atoms with E-state index in [9.17, 15) is 4.79 Å². The molecule has 0 aliphatic carbocycles. The first-order chi connectivity index (χ1) is 8.08. The topological polar surface area (TPSA) is 71.2 Å². The SMILES string of the molecule is Cc1cnc(CN2CCNC(=O)C2)c(C)c1N. The summed E-state index contributed by atoms with van der Waals surface area (Å²) in [5.74, 6) is 0.0778. The summed E-state index contributed by atoms with van der Waals surface area (Å²) in [6, 6.07) is 0. The lowest BCUT2D eigenvalue weighted by atomic mass is 10.1. The number of anilines is 1. The molecule has 3 N–H and O–H groups in total. The Balaban J connectivity index is 2.13. The predicted octanol–water partition coefficient (Wildman–Crippen LogP) is 0.212. The quantitative estimate of drug-likeness (QED) is 0.767. The van der Waals surface area contributed by atoms with Crippen LogP contribution in [0.5, 0.6) is 0 Å². The van der Waals surface area contributed by atoms with Crippen LogP contribution in [0.15, 0.2) is 6.20 Å². The molecule has 0 atom stereocenters. The molecule has 0 unspecified atom stereocenters. The molecule has 1 aromatic rings. The molecule has 0 aromatic carbocycles. The number of amides is 1. The van der Waals surface area contributed by atoms with E-state index in [1.165, 1.54) is 0 Å². The lowest BCUT2D eigenvalue weighted by Gasteiger charge is -2.26. The van der Waals surface area contributed by atoms with Gasteiger partial charge in [-0.05, 0) is 25.0 Å². The van der Waals surface area contributed by atoms with E-state index in [1.807, 2.05) is 13.8 Å². The second-order valence-electron chi connectivity index (χ2n) is 4.49. The Morgan fingerprint density at radius 3 is 3.00 bits per heavy atom. The van der Waals surface area contributed by atoms with Crippen LogP contribution < -0.4 is 11.1 Å². The van der Waals surface area contributed by atoms with Crippen molar-refractivity contribution in [2.24, 2.45) is 0 Å². The number of aromatic nitrogens is 1. The summed E-state index contributed by atoms with van der Waals surface area (Å²) in [5, 5.41) is 2.81. The molecule has 1 saturated heterocycles. The zero-order valence-corrected chi connectivity index (χ0v) is 10.3. The van der Waals surface area contributed by atoms with E-state index in [0.29, 0.717) is 19.6 Å². The first kappa shape index (κ1) is 11.9. The highest BCUT2D eigenvalue weighted by Gasteiger charge is 2.18. The van der Waals surface area contributed by atoms with Crippen molar-refractivity contribution in [1.82, 2.24) is 15.2 Å². The molecule has 17 heavy (non-hydrogen) atoms. The van der Waals surface area contributed by atoms with Gasteiger partial charge in [0.05, 0.1) is 12.2 Å². The second-order valence-corrected chi connectivity index (χ2v) is 4.49. The molecule has 2 rings (SSSR count). The normalized spacial score (nSPS) is 16.9. The van der Waals surface area contributed by atoms with Crippen molar-refractivity contribution >= 4 is 11.6 Å². The van der Waals surface area contributed by atoms with Crippen LogP contribution in [0.2, 0.25) is 0 Å². The number of hydrogen-bond acceptors (Lipinski definition) is 4. The molecule has 1 amide bonds. The van der Waals surface area contributed by atoms with Crippen molar-refractivity contribution in [3.8, 4) is 0 Å². The Labute approximate surface area is 101 Å². The number of carbonyl (C=O) groups is 1. The van der Waals surface area contributed by atoms with Crippen molar-refractivity contribution < 1.29 is 4.79 Å². The summed E-state index contributed by atoms with van der Waals surface area (Å²) in [6.45, 7) is 6.63. The van der Waals surface area contributed by atoms with Gasteiger partial charge >= 0.3 is 0 Å². The molecule has 0 radical (unpaired) electrons. The van der Waals surface area contributed by atoms with E-state index in [-0.39, 0.29) is 5.91 Å². The van der Waals surface area contributed by atoms with E-state index < -0.39 is 0 Å². The third-order valence-corrected chi connectivity index (χ3v) is 3.17. The van der Waals surface area contributed by atoms with Crippen LogP contribution in [-0.2, 0) is 11.3 Å². The molecule has 1 aliphatic rings. The van der Waals surface area contributed by atoms with Gasteiger partial charge in [-0.25, -0.2) is 0 Å². The third kappa shape index (κ3) is 2.55. The van der Waals surface area contributed by atoms with Crippen LogP contribution in [0.3, 0.4) is 0 Å². The molecular formula is C12H18N4O. The van der Waals surface area contributed by atoms with E-state index in [4.69, 9.17) is 5.73 Å². The Bertz CT molecular complexity index is 444. The molecule has 1 aromatic heterocycles. The van der Waals surface area contributed by atoms with Gasteiger partial charge in [0.25, 0.3) is 0 Å². The number of piperazine rings is 1. The maximum Gasteiger partial charge on any atom is 0.234 e. The number of nitrogens with one attached hydrogen (secondary N) is 1. The van der Waals surface area contributed by atoms with Crippen LogP contribution in [0.1, 0.15) is 16.8 Å². The summed E-state index contributed by atoms with van der Waals surface area (Å²) < 4.78 is 0. The fourth-order valence-electron chi connectivity index (χ4n) is 1.99. The summed E-state index contributed by atoms with van der Waals surface area (Å²) in [4.78, 5) is 17.8. The average molecular weight is 234 g/mol. The highest BCUT2D eigenvalue weighted by atomic mass is 16.2. The minimum atomic E-state index is 0.0778. The number of rotatable bonds is 2. The zero-order valence-electron chi connectivity index (χ0n) is 10.3. The number of nitrogens with zero attached hydrogens (tertiary/aromatic N) is 2. The summed E-state index contributed by atoms with van der Waals surface area (Å²) in [5.41, 5.74) is 9.77. The molecule has 0 bridgehead atoms. The van der Waals surface area contributed by atoms with Crippen molar-refractivity contribution in [3.63, 3.8) is 0 Å². The van der Waals surface area contributed by atoms with Crippen LogP contribution >= 0.6 is 0 Å². The lowest BCUT2D eigenvalue weighted by molar-refractivity contribution is -0.124. The fourth-order valence-corrected chi connectivity index (χ4v) is 1.99. The summed E-state index contributed by atoms with van der Waals surface area (Å²) >= 11 is 0. The van der Waals surface area contributed by atoms with Crippen molar-refractivity contribution in [2.75, 3.05) is 25.4 Å². The molecule has 5 nitrogen and oxygen atoms in total. The fraction of sp³-hybridized carbons (Fsp3) is 0.500. The predicted molar refractivity (Wildman–Crippen MR) is 66.4 cm³/mol. The van der Waals surface area contributed by atoms with Gasteiger partial charge in [-0.1, -0.05) is 0 Å². The van der Waals surface area contributed by atoms with Crippen molar-refractivity contribution in [3.05, 3.63) is 23.0 Å². The first-order valence-corrected chi connectivity index (χ1v) is 5.77. The van der Waals surface area contributed by atoms with Crippen LogP contribution in [0.4, 0.5) is 5.69 Å². The summed E-state index contributed by atoms with van der Waals surface area (Å²) in [7, 11) is 0. The van der Waals surface area contributed by atoms with Gasteiger partial charge in [0.1, 0.15) is 0 Å². The van der Waals surface area contributed by atoms with Gasteiger partial charge < -0.3 is 11.1 Å². The minimum Gasteiger partial charge on any atom is -0.398 e. The molecule has 92 valence electrons.